The van der Waals surface area contributed by atoms with E-state index in [4.69, 9.17) is 11.6 Å². The van der Waals surface area contributed by atoms with Crippen molar-refractivity contribution in [3.8, 4) is 0 Å². The van der Waals surface area contributed by atoms with E-state index in [1.165, 1.54) is 0 Å². The minimum atomic E-state index is -0.680. The van der Waals surface area contributed by atoms with Crippen molar-refractivity contribution in [2.45, 2.75) is 25.2 Å². The Morgan fingerprint density at radius 2 is 1.81 bits per heavy atom. The van der Waals surface area contributed by atoms with Crippen molar-refractivity contribution in [1.82, 2.24) is 4.90 Å². The zero-order valence-corrected chi connectivity index (χ0v) is 13.2. The second-order valence-corrected chi connectivity index (χ2v) is 6.81. The van der Waals surface area contributed by atoms with Gasteiger partial charge in [-0.1, -0.05) is 30.7 Å². The molecule has 21 heavy (non-hydrogen) atoms. The van der Waals surface area contributed by atoms with Crippen molar-refractivity contribution in [3.63, 3.8) is 0 Å². The van der Waals surface area contributed by atoms with E-state index in [2.05, 4.69) is 0 Å². The summed E-state index contributed by atoms with van der Waals surface area (Å²) in [6.07, 6.45) is 1.65. The summed E-state index contributed by atoms with van der Waals surface area (Å²) in [5.74, 6) is 0.0398. The molecule has 2 rings (SSSR count). The van der Waals surface area contributed by atoms with Crippen LogP contribution in [-0.4, -0.2) is 47.8 Å². The van der Waals surface area contributed by atoms with Gasteiger partial charge in [-0.15, -0.1) is 0 Å². The van der Waals surface area contributed by atoms with Crippen LogP contribution < -0.4 is 0 Å². The summed E-state index contributed by atoms with van der Waals surface area (Å²) in [5.41, 5.74) is -0.149. The molecule has 1 aliphatic rings. The fraction of sp³-hybridized carbons (Fsp3) is 0.562. The molecule has 1 aromatic carbocycles. The van der Waals surface area contributed by atoms with Crippen molar-refractivity contribution in [2.24, 2.45) is 5.41 Å². The fourth-order valence-corrected chi connectivity index (χ4v) is 2.81. The maximum absolute atomic E-state index is 12.8. The summed E-state index contributed by atoms with van der Waals surface area (Å²) in [7, 11) is 1.72. The number of hydrogen-bond donors (Lipinski definition) is 2. The minimum Gasteiger partial charge on any atom is -0.396 e. The van der Waals surface area contributed by atoms with Crippen LogP contribution in [0.3, 0.4) is 0 Å². The van der Waals surface area contributed by atoms with Gasteiger partial charge < -0.3 is 15.1 Å². The third-order valence-corrected chi connectivity index (χ3v) is 4.54. The van der Waals surface area contributed by atoms with E-state index in [0.29, 0.717) is 11.6 Å². The largest absolute Gasteiger partial charge is 0.396 e. The molecule has 5 heteroatoms. The normalized spacial score (nSPS) is 16.6. The van der Waals surface area contributed by atoms with Crippen LogP contribution in [0.1, 0.15) is 25.3 Å². The van der Waals surface area contributed by atoms with Gasteiger partial charge in [-0.25, -0.2) is 0 Å². The SMILES string of the molecule is CN(CC(C)(CO)CO)C(=O)C1(c2ccc(Cl)cc2)CC1. The number of hydrogen-bond acceptors (Lipinski definition) is 3. The van der Waals surface area contributed by atoms with Gasteiger partial charge >= 0.3 is 0 Å². The van der Waals surface area contributed by atoms with Crippen LogP contribution in [0.5, 0.6) is 0 Å². The molecule has 0 heterocycles. The molecular formula is C16H22ClNO3. The Kier molecular flexibility index (Phi) is 4.61. The van der Waals surface area contributed by atoms with Crippen LogP contribution in [0.25, 0.3) is 0 Å². The van der Waals surface area contributed by atoms with Gasteiger partial charge in [0, 0.05) is 24.0 Å². The van der Waals surface area contributed by atoms with Crippen molar-refractivity contribution in [3.05, 3.63) is 34.9 Å². The lowest BCUT2D eigenvalue weighted by Crippen LogP contribution is -2.45. The number of amides is 1. The van der Waals surface area contributed by atoms with E-state index in [1.807, 2.05) is 12.1 Å². The smallest absolute Gasteiger partial charge is 0.232 e. The molecule has 116 valence electrons. The van der Waals surface area contributed by atoms with E-state index in [0.717, 1.165) is 18.4 Å². The second-order valence-electron chi connectivity index (χ2n) is 6.38. The Morgan fingerprint density at radius 1 is 1.29 bits per heavy atom. The van der Waals surface area contributed by atoms with Gasteiger partial charge in [0.15, 0.2) is 0 Å². The summed E-state index contributed by atoms with van der Waals surface area (Å²) in [6.45, 7) is 1.77. The number of benzene rings is 1. The number of nitrogens with zero attached hydrogens (tertiary/aromatic N) is 1. The predicted octanol–water partition coefficient (Wildman–Crippen LogP) is 1.82. The lowest BCUT2D eigenvalue weighted by Gasteiger charge is -2.32. The predicted molar refractivity (Wildman–Crippen MR) is 82.3 cm³/mol. The van der Waals surface area contributed by atoms with Crippen LogP contribution in [0, 0.1) is 5.41 Å². The molecule has 0 saturated heterocycles. The number of carbonyl (C=O) groups is 1. The van der Waals surface area contributed by atoms with Gasteiger partial charge in [0.25, 0.3) is 0 Å². The molecule has 1 saturated carbocycles. The molecule has 1 aliphatic carbocycles. The zero-order chi connectivity index (χ0) is 15.7. The molecule has 0 aliphatic heterocycles. The molecule has 0 aromatic heterocycles. The van der Waals surface area contributed by atoms with Crippen LogP contribution >= 0.6 is 11.6 Å². The summed E-state index contributed by atoms with van der Waals surface area (Å²) >= 11 is 5.90. The first-order valence-electron chi connectivity index (χ1n) is 7.10. The molecule has 1 amide bonds. The maximum Gasteiger partial charge on any atom is 0.232 e. The first-order valence-corrected chi connectivity index (χ1v) is 7.48. The van der Waals surface area contributed by atoms with Crippen molar-refractivity contribution >= 4 is 17.5 Å². The zero-order valence-electron chi connectivity index (χ0n) is 12.5. The summed E-state index contributed by atoms with van der Waals surface area (Å²) < 4.78 is 0. The molecule has 1 aromatic rings. The summed E-state index contributed by atoms with van der Waals surface area (Å²) in [5, 5.41) is 19.4. The van der Waals surface area contributed by atoms with E-state index < -0.39 is 10.8 Å². The highest BCUT2D eigenvalue weighted by Crippen LogP contribution is 2.49. The average Bonchev–Trinajstić information content (AvgIpc) is 3.28. The van der Waals surface area contributed by atoms with Crippen LogP contribution in [0.4, 0.5) is 0 Å². The van der Waals surface area contributed by atoms with Crippen molar-refractivity contribution in [2.75, 3.05) is 26.8 Å². The van der Waals surface area contributed by atoms with Gasteiger partial charge in [-0.3, -0.25) is 4.79 Å². The highest BCUT2D eigenvalue weighted by atomic mass is 35.5. The summed E-state index contributed by atoms with van der Waals surface area (Å²) in [6, 6.07) is 7.41. The van der Waals surface area contributed by atoms with E-state index in [-0.39, 0.29) is 19.1 Å². The van der Waals surface area contributed by atoms with Gasteiger partial charge in [0.2, 0.25) is 5.91 Å². The van der Waals surface area contributed by atoms with Crippen LogP contribution in [-0.2, 0) is 10.2 Å². The van der Waals surface area contributed by atoms with Gasteiger partial charge in [0.1, 0.15) is 0 Å². The molecule has 0 atom stereocenters. The first kappa shape index (κ1) is 16.3. The summed E-state index contributed by atoms with van der Waals surface area (Å²) in [4.78, 5) is 14.4. The number of aliphatic hydroxyl groups excluding tert-OH is 2. The Balaban J connectivity index is 2.14. The quantitative estimate of drug-likeness (QED) is 0.842. The molecule has 0 spiro atoms. The number of aliphatic hydroxyl groups is 2. The monoisotopic (exact) mass is 311 g/mol. The maximum atomic E-state index is 12.8. The molecule has 4 nitrogen and oxygen atoms in total. The van der Waals surface area contributed by atoms with Crippen LogP contribution in [0.2, 0.25) is 5.02 Å². The molecule has 1 fully saturated rings. The Bertz CT molecular complexity index is 507. The fourth-order valence-electron chi connectivity index (χ4n) is 2.68. The number of rotatable bonds is 6. The first-order chi connectivity index (χ1) is 9.87. The third-order valence-electron chi connectivity index (χ3n) is 4.29. The Labute approximate surface area is 130 Å². The van der Waals surface area contributed by atoms with Crippen LogP contribution in [0.15, 0.2) is 24.3 Å². The van der Waals surface area contributed by atoms with Gasteiger partial charge in [0.05, 0.1) is 18.6 Å². The number of likely N-dealkylation sites (N-methyl/N-ethyl adjacent to an activating group) is 1. The molecular weight excluding hydrogens is 290 g/mol. The Morgan fingerprint density at radius 3 is 2.24 bits per heavy atom. The third kappa shape index (κ3) is 3.23. The molecule has 0 bridgehead atoms. The topological polar surface area (TPSA) is 60.8 Å². The van der Waals surface area contributed by atoms with Crippen molar-refractivity contribution < 1.29 is 15.0 Å². The highest BCUT2D eigenvalue weighted by Gasteiger charge is 2.52. The van der Waals surface area contributed by atoms with E-state index >= 15 is 0 Å². The lowest BCUT2D eigenvalue weighted by molar-refractivity contribution is -0.134. The molecule has 0 radical (unpaired) electrons. The van der Waals surface area contributed by atoms with Gasteiger partial charge in [-0.2, -0.15) is 0 Å². The standard InChI is InChI=1S/C16H22ClNO3/c1-15(10-19,11-20)9-18(2)14(21)16(7-8-16)12-3-5-13(17)6-4-12/h3-6,19-20H,7-11H2,1-2H3. The number of carbonyl (C=O) groups excluding carboxylic acids is 1. The van der Waals surface area contributed by atoms with E-state index in [1.54, 1.807) is 31.0 Å². The minimum absolute atomic E-state index is 0.0398. The second kappa shape index (κ2) is 5.95. The van der Waals surface area contributed by atoms with Crippen molar-refractivity contribution in [1.29, 1.82) is 0 Å². The number of halogens is 1. The Hall–Kier alpha value is -1.10. The van der Waals surface area contributed by atoms with Gasteiger partial charge in [-0.05, 0) is 30.5 Å². The molecule has 0 unspecified atom stereocenters. The average molecular weight is 312 g/mol. The lowest BCUT2D eigenvalue weighted by atomic mass is 9.90. The highest BCUT2D eigenvalue weighted by molar-refractivity contribution is 6.30. The molecule has 2 N–H and O–H groups in total. The van der Waals surface area contributed by atoms with E-state index in [9.17, 15) is 15.0 Å².